The average Bonchev–Trinajstić information content (AvgIpc) is 2.27. The van der Waals surface area contributed by atoms with Gasteiger partial charge in [-0.15, -0.1) is 12.3 Å². The molecule has 0 spiro atoms. The first-order valence-corrected chi connectivity index (χ1v) is 5.83. The molecule has 0 bridgehead atoms. The molecule has 1 unspecified atom stereocenters. The van der Waals surface area contributed by atoms with Crippen molar-refractivity contribution >= 4 is 17.5 Å². The number of amides is 1. The second-order valence-electron chi connectivity index (χ2n) is 3.81. The fourth-order valence-electron chi connectivity index (χ4n) is 1.47. The molecule has 0 saturated heterocycles. The highest BCUT2D eigenvalue weighted by Gasteiger charge is 2.12. The molecule has 4 heteroatoms. The zero-order valence-corrected chi connectivity index (χ0v) is 10.7. The summed E-state index contributed by atoms with van der Waals surface area (Å²) in [5.74, 6) is 2.38. The molecule has 1 atom stereocenters. The van der Waals surface area contributed by atoms with Crippen molar-refractivity contribution in [3.63, 3.8) is 0 Å². The minimum Gasteiger partial charge on any atom is -0.348 e. The summed E-state index contributed by atoms with van der Waals surface area (Å²) in [6.45, 7) is 3.77. The fraction of sp³-hybridized carbons (Fsp3) is 0.385. The second kappa shape index (κ2) is 6.27. The molecule has 0 aromatic carbocycles. The molecular weight excluding hydrogens is 236 g/mol. The topological polar surface area (TPSA) is 42.0 Å². The number of aryl methyl sites for hydroxylation is 1. The molecule has 0 aliphatic heterocycles. The number of carbonyl (C=O) groups is 1. The van der Waals surface area contributed by atoms with E-state index in [4.69, 9.17) is 18.0 Å². The Hall–Kier alpha value is -1.53. The summed E-state index contributed by atoms with van der Waals surface area (Å²) in [5, 5.41) is 3.19. The number of hydrogen-bond acceptors (Lipinski definition) is 2. The summed E-state index contributed by atoms with van der Waals surface area (Å²) in [6, 6.07) is 3.25. The Balaban J connectivity index is 2.79. The molecule has 3 nitrogen and oxygen atoms in total. The maximum Gasteiger partial charge on any atom is 0.251 e. The van der Waals surface area contributed by atoms with Crippen LogP contribution in [0.2, 0.25) is 5.15 Å². The number of nitrogens with zero attached hydrogens (tertiary/aromatic N) is 1. The summed E-state index contributed by atoms with van der Waals surface area (Å²) in [7, 11) is 0. The van der Waals surface area contributed by atoms with Gasteiger partial charge in [0.2, 0.25) is 0 Å². The lowest BCUT2D eigenvalue weighted by atomic mass is 10.1. The summed E-state index contributed by atoms with van der Waals surface area (Å²) in [4.78, 5) is 15.9. The van der Waals surface area contributed by atoms with Crippen molar-refractivity contribution in [1.82, 2.24) is 10.3 Å². The standard InChI is InChI=1S/C13H15ClN2O/c1-4-6-11(5-2)16-13(17)10-7-9(3)15-12(14)8-10/h1,7-8,11H,5-6H2,2-3H3,(H,16,17). The molecule has 0 fully saturated rings. The molecule has 1 N–H and O–H groups in total. The van der Waals surface area contributed by atoms with E-state index in [0.717, 1.165) is 6.42 Å². The molecule has 1 aromatic heterocycles. The van der Waals surface area contributed by atoms with E-state index >= 15 is 0 Å². The van der Waals surface area contributed by atoms with Gasteiger partial charge in [-0.3, -0.25) is 4.79 Å². The van der Waals surface area contributed by atoms with Crippen molar-refractivity contribution in [1.29, 1.82) is 0 Å². The quantitative estimate of drug-likeness (QED) is 0.659. The Bertz CT molecular complexity index is 431. The van der Waals surface area contributed by atoms with Gasteiger partial charge in [-0.1, -0.05) is 18.5 Å². The van der Waals surface area contributed by atoms with Gasteiger partial charge in [-0.2, -0.15) is 0 Å². The van der Waals surface area contributed by atoms with Gasteiger partial charge >= 0.3 is 0 Å². The molecule has 1 heterocycles. The normalized spacial score (nSPS) is 11.6. The van der Waals surface area contributed by atoms with E-state index in [-0.39, 0.29) is 11.9 Å². The van der Waals surface area contributed by atoms with Crippen LogP contribution in [0.3, 0.4) is 0 Å². The van der Waals surface area contributed by atoms with Crippen molar-refractivity contribution < 1.29 is 4.79 Å². The van der Waals surface area contributed by atoms with Crippen LogP contribution in [-0.4, -0.2) is 16.9 Å². The maximum absolute atomic E-state index is 11.9. The van der Waals surface area contributed by atoms with E-state index in [1.807, 2.05) is 6.92 Å². The molecule has 1 amide bonds. The minimum atomic E-state index is -0.167. The number of terminal acetylenes is 1. The third kappa shape index (κ3) is 4.08. The molecular formula is C13H15ClN2O. The van der Waals surface area contributed by atoms with Crippen LogP contribution in [-0.2, 0) is 0 Å². The van der Waals surface area contributed by atoms with E-state index in [1.54, 1.807) is 19.1 Å². The van der Waals surface area contributed by atoms with Crippen LogP contribution in [0, 0.1) is 19.3 Å². The largest absolute Gasteiger partial charge is 0.348 e. The van der Waals surface area contributed by atoms with E-state index in [2.05, 4.69) is 16.2 Å². The number of rotatable bonds is 4. The Morgan fingerprint density at radius 3 is 2.88 bits per heavy atom. The number of carbonyl (C=O) groups excluding carboxylic acids is 1. The second-order valence-corrected chi connectivity index (χ2v) is 4.19. The monoisotopic (exact) mass is 250 g/mol. The first kappa shape index (κ1) is 13.5. The minimum absolute atomic E-state index is 0.000234. The highest BCUT2D eigenvalue weighted by molar-refractivity contribution is 6.29. The Labute approximate surface area is 107 Å². The molecule has 0 aliphatic rings. The third-order valence-corrected chi connectivity index (χ3v) is 2.57. The first-order chi connectivity index (χ1) is 8.06. The Morgan fingerprint density at radius 2 is 2.35 bits per heavy atom. The number of pyridine rings is 1. The fourth-order valence-corrected chi connectivity index (χ4v) is 1.72. The van der Waals surface area contributed by atoms with Crippen molar-refractivity contribution in [2.45, 2.75) is 32.7 Å². The average molecular weight is 251 g/mol. The molecule has 0 saturated carbocycles. The van der Waals surface area contributed by atoms with Crippen LogP contribution >= 0.6 is 11.6 Å². The smallest absolute Gasteiger partial charge is 0.251 e. The van der Waals surface area contributed by atoms with Crippen LogP contribution in [0.5, 0.6) is 0 Å². The Morgan fingerprint density at radius 1 is 1.65 bits per heavy atom. The van der Waals surface area contributed by atoms with Gasteiger partial charge < -0.3 is 5.32 Å². The van der Waals surface area contributed by atoms with Gasteiger partial charge in [-0.05, 0) is 25.5 Å². The van der Waals surface area contributed by atoms with Crippen LogP contribution in [0.1, 0.15) is 35.8 Å². The third-order valence-electron chi connectivity index (χ3n) is 2.38. The number of hydrogen-bond donors (Lipinski definition) is 1. The predicted molar refractivity (Wildman–Crippen MR) is 69.0 cm³/mol. The number of halogens is 1. The molecule has 1 aromatic rings. The van der Waals surface area contributed by atoms with Crippen molar-refractivity contribution in [3.8, 4) is 12.3 Å². The number of aromatic nitrogens is 1. The maximum atomic E-state index is 11.9. The molecule has 1 rings (SSSR count). The van der Waals surface area contributed by atoms with Crippen molar-refractivity contribution in [2.75, 3.05) is 0 Å². The Kier molecular flexibility index (Phi) is 4.99. The first-order valence-electron chi connectivity index (χ1n) is 5.45. The van der Waals surface area contributed by atoms with Gasteiger partial charge in [0, 0.05) is 23.7 Å². The van der Waals surface area contributed by atoms with Gasteiger partial charge in [0.1, 0.15) is 5.15 Å². The predicted octanol–water partition coefficient (Wildman–Crippen LogP) is 2.58. The summed E-state index contributed by atoms with van der Waals surface area (Å²) in [6.07, 6.45) is 6.56. The number of nitrogens with one attached hydrogen (secondary N) is 1. The van der Waals surface area contributed by atoms with E-state index in [9.17, 15) is 4.79 Å². The lowest BCUT2D eigenvalue weighted by Crippen LogP contribution is -2.34. The molecule has 90 valence electrons. The van der Waals surface area contributed by atoms with Gasteiger partial charge in [0.25, 0.3) is 5.91 Å². The summed E-state index contributed by atoms with van der Waals surface area (Å²) in [5.41, 5.74) is 1.23. The van der Waals surface area contributed by atoms with Crippen molar-refractivity contribution in [3.05, 3.63) is 28.5 Å². The summed E-state index contributed by atoms with van der Waals surface area (Å²) >= 11 is 5.80. The van der Waals surface area contributed by atoms with Crippen LogP contribution in [0.4, 0.5) is 0 Å². The SMILES string of the molecule is C#CCC(CC)NC(=O)c1cc(C)nc(Cl)c1. The molecule has 0 aliphatic carbocycles. The van der Waals surface area contributed by atoms with Gasteiger partial charge in [-0.25, -0.2) is 4.98 Å². The van der Waals surface area contributed by atoms with Crippen LogP contribution < -0.4 is 5.32 Å². The van der Waals surface area contributed by atoms with Crippen LogP contribution in [0.15, 0.2) is 12.1 Å². The highest BCUT2D eigenvalue weighted by Crippen LogP contribution is 2.11. The van der Waals surface area contributed by atoms with Crippen LogP contribution in [0.25, 0.3) is 0 Å². The highest BCUT2D eigenvalue weighted by atomic mass is 35.5. The lowest BCUT2D eigenvalue weighted by Gasteiger charge is -2.14. The van der Waals surface area contributed by atoms with E-state index in [1.165, 1.54) is 0 Å². The zero-order valence-electron chi connectivity index (χ0n) is 9.96. The molecule has 17 heavy (non-hydrogen) atoms. The van der Waals surface area contributed by atoms with E-state index in [0.29, 0.717) is 22.8 Å². The van der Waals surface area contributed by atoms with Gasteiger partial charge in [0.15, 0.2) is 0 Å². The lowest BCUT2D eigenvalue weighted by molar-refractivity contribution is 0.0936. The van der Waals surface area contributed by atoms with E-state index < -0.39 is 0 Å². The van der Waals surface area contributed by atoms with Crippen molar-refractivity contribution in [2.24, 2.45) is 0 Å². The van der Waals surface area contributed by atoms with Gasteiger partial charge in [0.05, 0.1) is 0 Å². The summed E-state index contributed by atoms with van der Waals surface area (Å²) < 4.78 is 0. The zero-order chi connectivity index (χ0) is 12.8. The molecule has 0 radical (unpaired) electrons.